The van der Waals surface area contributed by atoms with Gasteiger partial charge in [-0.25, -0.2) is 0 Å². The first kappa shape index (κ1) is 9.79. The van der Waals surface area contributed by atoms with Crippen molar-refractivity contribution in [1.29, 1.82) is 0 Å². The van der Waals surface area contributed by atoms with Gasteiger partial charge in [-0.3, -0.25) is 14.6 Å². The third-order valence-electron chi connectivity index (χ3n) is 2.19. The second-order valence-electron chi connectivity index (χ2n) is 3.06. The van der Waals surface area contributed by atoms with Gasteiger partial charge in [0.15, 0.2) is 6.29 Å². The number of H-pyrrole nitrogens is 1. The standard InChI is InChI=1S/C10H8N2O2S/c1-6-7(4-13)2-12-9(6)10(14)8-3-11-5-15-8/h2-5,12H,1H3. The lowest BCUT2D eigenvalue weighted by Gasteiger charge is -1.95. The topological polar surface area (TPSA) is 62.8 Å². The van der Waals surface area contributed by atoms with Crippen LogP contribution < -0.4 is 0 Å². The second-order valence-corrected chi connectivity index (χ2v) is 3.94. The third-order valence-corrected chi connectivity index (χ3v) is 2.96. The molecular weight excluding hydrogens is 212 g/mol. The molecule has 76 valence electrons. The Morgan fingerprint density at radius 2 is 2.40 bits per heavy atom. The lowest BCUT2D eigenvalue weighted by atomic mass is 10.1. The van der Waals surface area contributed by atoms with Gasteiger partial charge < -0.3 is 4.98 Å². The van der Waals surface area contributed by atoms with Gasteiger partial charge in [0.25, 0.3) is 0 Å². The molecule has 0 radical (unpaired) electrons. The maximum Gasteiger partial charge on any atom is 0.220 e. The Morgan fingerprint density at radius 3 is 2.93 bits per heavy atom. The van der Waals surface area contributed by atoms with Crippen LogP contribution in [0.3, 0.4) is 0 Å². The molecule has 2 heterocycles. The largest absolute Gasteiger partial charge is 0.358 e. The molecule has 0 aliphatic rings. The van der Waals surface area contributed by atoms with Crippen molar-refractivity contribution in [2.75, 3.05) is 0 Å². The molecule has 0 aromatic carbocycles. The lowest BCUT2D eigenvalue weighted by Crippen LogP contribution is -2.01. The molecule has 0 aliphatic heterocycles. The summed E-state index contributed by atoms with van der Waals surface area (Å²) in [5, 5.41) is 0. The SMILES string of the molecule is Cc1c(C=O)c[nH]c1C(=O)c1cncs1. The highest BCUT2D eigenvalue weighted by Gasteiger charge is 2.16. The van der Waals surface area contributed by atoms with Crippen molar-refractivity contribution in [3.8, 4) is 0 Å². The Balaban J connectivity index is 2.42. The number of hydrogen-bond acceptors (Lipinski definition) is 4. The maximum atomic E-state index is 11.9. The number of aldehydes is 1. The molecule has 0 saturated heterocycles. The van der Waals surface area contributed by atoms with Gasteiger partial charge in [0, 0.05) is 18.0 Å². The molecule has 2 aromatic rings. The number of rotatable bonds is 3. The molecule has 0 amide bonds. The zero-order valence-corrected chi connectivity index (χ0v) is 8.80. The fraction of sp³-hybridized carbons (Fsp3) is 0.100. The van der Waals surface area contributed by atoms with Gasteiger partial charge in [-0.2, -0.15) is 0 Å². The van der Waals surface area contributed by atoms with E-state index in [1.54, 1.807) is 12.4 Å². The number of ketones is 1. The first-order valence-electron chi connectivity index (χ1n) is 4.30. The van der Waals surface area contributed by atoms with Gasteiger partial charge >= 0.3 is 0 Å². The zero-order chi connectivity index (χ0) is 10.8. The molecule has 0 spiro atoms. The van der Waals surface area contributed by atoms with E-state index in [4.69, 9.17) is 0 Å². The van der Waals surface area contributed by atoms with Crippen LogP contribution in [-0.2, 0) is 0 Å². The highest BCUT2D eigenvalue weighted by Crippen LogP contribution is 2.17. The van der Waals surface area contributed by atoms with E-state index in [9.17, 15) is 9.59 Å². The Bertz CT molecular complexity index is 499. The highest BCUT2D eigenvalue weighted by molar-refractivity contribution is 7.11. The van der Waals surface area contributed by atoms with Crippen LogP contribution in [0.15, 0.2) is 17.9 Å². The smallest absolute Gasteiger partial charge is 0.220 e. The number of aromatic nitrogens is 2. The van der Waals surface area contributed by atoms with E-state index in [1.165, 1.54) is 23.7 Å². The van der Waals surface area contributed by atoms with Crippen molar-refractivity contribution in [2.24, 2.45) is 0 Å². The van der Waals surface area contributed by atoms with Crippen LogP contribution in [0.5, 0.6) is 0 Å². The van der Waals surface area contributed by atoms with Crippen LogP contribution in [0.4, 0.5) is 0 Å². The molecule has 0 atom stereocenters. The van der Waals surface area contributed by atoms with Gasteiger partial charge in [-0.15, -0.1) is 11.3 Å². The molecule has 4 nitrogen and oxygen atoms in total. The molecule has 0 saturated carbocycles. The van der Waals surface area contributed by atoms with Gasteiger partial charge in [0.1, 0.15) is 0 Å². The molecule has 2 rings (SSSR count). The minimum atomic E-state index is -0.122. The van der Waals surface area contributed by atoms with Gasteiger partial charge in [-0.1, -0.05) is 0 Å². The summed E-state index contributed by atoms with van der Waals surface area (Å²) >= 11 is 1.28. The summed E-state index contributed by atoms with van der Waals surface area (Å²) in [5.41, 5.74) is 3.26. The number of hydrogen-bond donors (Lipinski definition) is 1. The predicted octanol–water partition coefficient (Wildman–Crippen LogP) is 1.82. The Morgan fingerprint density at radius 1 is 1.60 bits per heavy atom. The van der Waals surface area contributed by atoms with E-state index < -0.39 is 0 Å². The van der Waals surface area contributed by atoms with Crippen molar-refractivity contribution in [1.82, 2.24) is 9.97 Å². The number of thiazole rings is 1. The molecule has 5 heteroatoms. The fourth-order valence-corrected chi connectivity index (χ4v) is 1.89. The number of aromatic amines is 1. The third kappa shape index (κ3) is 1.61. The monoisotopic (exact) mass is 220 g/mol. The van der Waals surface area contributed by atoms with E-state index in [0.717, 1.165) is 6.29 Å². The van der Waals surface area contributed by atoms with Gasteiger partial charge in [0.05, 0.1) is 16.1 Å². The second kappa shape index (κ2) is 3.78. The van der Waals surface area contributed by atoms with Gasteiger partial charge in [0.2, 0.25) is 5.78 Å². The summed E-state index contributed by atoms with van der Waals surface area (Å²) in [5.74, 6) is -0.122. The first-order chi connectivity index (χ1) is 7.24. The summed E-state index contributed by atoms with van der Waals surface area (Å²) in [7, 11) is 0. The summed E-state index contributed by atoms with van der Waals surface area (Å²) in [6.07, 6.45) is 3.79. The van der Waals surface area contributed by atoms with E-state index in [-0.39, 0.29) is 5.78 Å². The molecule has 0 fully saturated rings. The Kier molecular flexibility index (Phi) is 2.47. The quantitative estimate of drug-likeness (QED) is 0.634. The lowest BCUT2D eigenvalue weighted by molar-refractivity contribution is 0.103. The Hall–Kier alpha value is -1.75. The minimum Gasteiger partial charge on any atom is -0.358 e. The van der Waals surface area contributed by atoms with E-state index in [1.807, 2.05) is 0 Å². The first-order valence-corrected chi connectivity index (χ1v) is 5.18. The molecule has 15 heavy (non-hydrogen) atoms. The summed E-state index contributed by atoms with van der Waals surface area (Å²) in [6, 6.07) is 0. The van der Waals surface area contributed by atoms with Crippen LogP contribution in [0.1, 0.15) is 31.3 Å². The van der Waals surface area contributed by atoms with Gasteiger partial charge in [-0.05, 0) is 12.5 Å². The molecule has 1 N–H and O–H groups in total. The highest BCUT2D eigenvalue weighted by atomic mass is 32.1. The van der Waals surface area contributed by atoms with Crippen molar-refractivity contribution in [3.63, 3.8) is 0 Å². The van der Waals surface area contributed by atoms with Crippen LogP contribution >= 0.6 is 11.3 Å². The summed E-state index contributed by atoms with van der Waals surface area (Å²) in [6.45, 7) is 1.74. The molecule has 2 aromatic heterocycles. The zero-order valence-electron chi connectivity index (χ0n) is 7.98. The normalized spacial score (nSPS) is 10.2. The molecule has 0 bridgehead atoms. The Labute approximate surface area is 90.0 Å². The number of carbonyl (C=O) groups excluding carboxylic acids is 2. The van der Waals surface area contributed by atoms with Crippen molar-refractivity contribution in [3.05, 3.63) is 39.6 Å². The average molecular weight is 220 g/mol. The minimum absolute atomic E-state index is 0.122. The maximum absolute atomic E-state index is 11.9. The van der Waals surface area contributed by atoms with Crippen molar-refractivity contribution < 1.29 is 9.59 Å². The van der Waals surface area contributed by atoms with Crippen LogP contribution in [0.2, 0.25) is 0 Å². The van der Waals surface area contributed by atoms with E-state index in [2.05, 4.69) is 9.97 Å². The molecule has 0 unspecified atom stereocenters. The van der Waals surface area contributed by atoms with E-state index >= 15 is 0 Å². The average Bonchev–Trinajstić information content (AvgIpc) is 2.85. The summed E-state index contributed by atoms with van der Waals surface area (Å²) in [4.78, 5) is 29.7. The molecule has 0 aliphatic carbocycles. The van der Waals surface area contributed by atoms with Crippen LogP contribution in [0.25, 0.3) is 0 Å². The predicted molar refractivity (Wildman–Crippen MR) is 56.5 cm³/mol. The van der Waals surface area contributed by atoms with E-state index in [0.29, 0.717) is 21.7 Å². The number of carbonyl (C=O) groups is 2. The fourth-order valence-electron chi connectivity index (χ4n) is 1.32. The molecular formula is C10H8N2O2S. The number of nitrogens with one attached hydrogen (secondary N) is 1. The van der Waals surface area contributed by atoms with Crippen molar-refractivity contribution >= 4 is 23.4 Å². The number of nitrogens with zero attached hydrogens (tertiary/aromatic N) is 1. The summed E-state index contributed by atoms with van der Waals surface area (Å²) < 4.78 is 0. The van der Waals surface area contributed by atoms with Crippen LogP contribution in [0, 0.1) is 6.92 Å². The van der Waals surface area contributed by atoms with Crippen molar-refractivity contribution in [2.45, 2.75) is 6.92 Å². The van der Waals surface area contributed by atoms with Crippen LogP contribution in [-0.4, -0.2) is 22.0 Å².